The summed E-state index contributed by atoms with van der Waals surface area (Å²) in [6.45, 7) is -0.224. The van der Waals surface area contributed by atoms with Crippen LogP contribution in [-0.2, 0) is 9.63 Å². The minimum atomic E-state index is -0.452. The van der Waals surface area contributed by atoms with Crippen molar-refractivity contribution in [3.05, 3.63) is 29.0 Å². The summed E-state index contributed by atoms with van der Waals surface area (Å²) in [7, 11) is 0. The van der Waals surface area contributed by atoms with Crippen molar-refractivity contribution in [3.8, 4) is 5.75 Å². The summed E-state index contributed by atoms with van der Waals surface area (Å²) in [5.74, 6) is -0.585. The Morgan fingerprint density at radius 3 is 2.84 bits per heavy atom. The van der Waals surface area contributed by atoms with Gasteiger partial charge in [-0.1, -0.05) is 24.4 Å². The van der Waals surface area contributed by atoms with Gasteiger partial charge in [-0.3, -0.25) is 9.63 Å². The van der Waals surface area contributed by atoms with E-state index >= 15 is 0 Å². The van der Waals surface area contributed by atoms with E-state index in [1.54, 1.807) is 0 Å². The highest BCUT2D eigenvalue weighted by atomic mass is 35.5. The van der Waals surface area contributed by atoms with Crippen LogP contribution in [0.3, 0.4) is 0 Å². The number of hydroxylamine groups is 1. The van der Waals surface area contributed by atoms with Crippen molar-refractivity contribution in [2.75, 3.05) is 6.61 Å². The molecule has 0 bridgehead atoms. The van der Waals surface area contributed by atoms with Crippen LogP contribution < -0.4 is 10.2 Å². The van der Waals surface area contributed by atoms with Gasteiger partial charge >= 0.3 is 0 Å². The number of carbonyl (C=O) groups is 1. The van der Waals surface area contributed by atoms with Crippen molar-refractivity contribution in [1.82, 2.24) is 5.48 Å². The van der Waals surface area contributed by atoms with Crippen LogP contribution in [0.15, 0.2) is 18.2 Å². The molecular formula is C13H15ClFNO3. The molecule has 0 unspecified atom stereocenters. The summed E-state index contributed by atoms with van der Waals surface area (Å²) in [5, 5.41) is 0.129. The fourth-order valence-electron chi connectivity index (χ4n) is 1.92. The Morgan fingerprint density at radius 1 is 1.42 bits per heavy atom. The molecule has 1 N–H and O–H groups in total. The topological polar surface area (TPSA) is 47.6 Å². The molecule has 0 aliphatic heterocycles. The highest BCUT2D eigenvalue weighted by Crippen LogP contribution is 2.24. The molecule has 1 fully saturated rings. The average Bonchev–Trinajstić information content (AvgIpc) is 2.88. The molecule has 0 spiro atoms. The van der Waals surface area contributed by atoms with Crippen LogP contribution in [0, 0.1) is 5.82 Å². The lowest BCUT2D eigenvalue weighted by atomic mass is 10.3. The van der Waals surface area contributed by atoms with Crippen LogP contribution in [0.1, 0.15) is 25.7 Å². The van der Waals surface area contributed by atoms with Gasteiger partial charge < -0.3 is 4.74 Å². The zero-order chi connectivity index (χ0) is 13.7. The molecule has 0 heterocycles. The molecule has 0 atom stereocenters. The number of halogens is 2. The number of amides is 1. The molecular weight excluding hydrogens is 273 g/mol. The molecule has 1 saturated carbocycles. The van der Waals surface area contributed by atoms with E-state index in [9.17, 15) is 9.18 Å². The first-order chi connectivity index (χ1) is 9.15. The monoisotopic (exact) mass is 287 g/mol. The normalized spacial score (nSPS) is 15.5. The van der Waals surface area contributed by atoms with Crippen LogP contribution in [0.4, 0.5) is 4.39 Å². The second-order valence-electron chi connectivity index (χ2n) is 4.41. The molecule has 0 saturated heterocycles. The zero-order valence-corrected chi connectivity index (χ0v) is 11.1. The third-order valence-corrected chi connectivity index (χ3v) is 3.19. The van der Waals surface area contributed by atoms with Crippen molar-refractivity contribution in [2.24, 2.45) is 0 Å². The molecule has 104 valence electrons. The summed E-state index contributed by atoms with van der Waals surface area (Å²) in [6.07, 6.45) is 4.28. The number of rotatable bonds is 5. The van der Waals surface area contributed by atoms with E-state index in [-0.39, 0.29) is 23.5 Å². The number of hydrogen-bond acceptors (Lipinski definition) is 3. The molecule has 0 radical (unpaired) electrons. The third-order valence-electron chi connectivity index (χ3n) is 2.89. The maximum absolute atomic E-state index is 12.8. The van der Waals surface area contributed by atoms with E-state index < -0.39 is 11.7 Å². The van der Waals surface area contributed by atoms with Gasteiger partial charge in [-0.05, 0) is 31.0 Å². The molecule has 2 rings (SSSR count). The van der Waals surface area contributed by atoms with E-state index in [0.717, 1.165) is 31.7 Å². The second-order valence-corrected chi connectivity index (χ2v) is 4.82. The van der Waals surface area contributed by atoms with Gasteiger partial charge in [0.2, 0.25) is 0 Å². The van der Waals surface area contributed by atoms with Gasteiger partial charge in [-0.25, -0.2) is 9.87 Å². The van der Waals surface area contributed by atoms with Gasteiger partial charge in [0.05, 0.1) is 11.1 Å². The Balaban J connectivity index is 1.73. The molecule has 0 aromatic heterocycles. The Kier molecular flexibility index (Phi) is 4.99. The van der Waals surface area contributed by atoms with E-state index in [0.29, 0.717) is 0 Å². The van der Waals surface area contributed by atoms with Crippen LogP contribution in [0.25, 0.3) is 0 Å². The SMILES string of the molecule is O=C(COc1ccc(F)cc1Cl)NOC1CCCC1. The largest absolute Gasteiger partial charge is 0.482 e. The molecule has 19 heavy (non-hydrogen) atoms. The second kappa shape index (κ2) is 6.73. The molecule has 1 aromatic carbocycles. The van der Waals surface area contributed by atoms with E-state index in [4.69, 9.17) is 21.2 Å². The van der Waals surface area contributed by atoms with Gasteiger partial charge in [-0.2, -0.15) is 0 Å². The highest BCUT2D eigenvalue weighted by molar-refractivity contribution is 6.32. The fourth-order valence-corrected chi connectivity index (χ4v) is 2.14. The van der Waals surface area contributed by atoms with Gasteiger partial charge in [0.25, 0.3) is 5.91 Å². The first-order valence-corrected chi connectivity index (χ1v) is 6.55. The van der Waals surface area contributed by atoms with Gasteiger partial charge in [-0.15, -0.1) is 0 Å². The van der Waals surface area contributed by atoms with Crippen molar-refractivity contribution >= 4 is 17.5 Å². The molecule has 6 heteroatoms. The van der Waals surface area contributed by atoms with Crippen molar-refractivity contribution in [1.29, 1.82) is 0 Å². The first-order valence-electron chi connectivity index (χ1n) is 6.17. The summed E-state index contributed by atoms with van der Waals surface area (Å²) in [5.41, 5.74) is 2.34. The molecule has 1 aliphatic carbocycles. The van der Waals surface area contributed by atoms with Crippen molar-refractivity contribution in [3.63, 3.8) is 0 Å². The maximum atomic E-state index is 12.8. The summed E-state index contributed by atoms with van der Waals surface area (Å²) < 4.78 is 18.0. The Bertz CT molecular complexity index is 450. The summed E-state index contributed by atoms with van der Waals surface area (Å²) in [4.78, 5) is 16.7. The minimum Gasteiger partial charge on any atom is -0.482 e. The molecule has 1 aliphatic rings. The quantitative estimate of drug-likeness (QED) is 0.847. The van der Waals surface area contributed by atoms with Crippen LogP contribution >= 0.6 is 11.6 Å². The maximum Gasteiger partial charge on any atom is 0.281 e. The molecule has 1 aromatic rings. The summed E-state index contributed by atoms with van der Waals surface area (Å²) >= 11 is 5.77. The standard InChI is InChI=1S/C13H15ClFNO3/c14-11-7-9(15)5-6-12(11)18-8-13(17)16-19-10-3-1-2-4-10/h5-7,10H,1-4,8H2,(H,16,17). The predicted molar refractivity (Wildman–Crippen MR) is 68.4 cm³/mol. The number of hydrogen-bond donors (Lipinski definition) is 1. The Labute approximate surface area is 115 Å². The fraction of sp³-hybridized carbons (Fsp3) is 0.462. The first kappa shape index (κ1) is 14.1. The molecule has 1 amide bonds. The van der Waals surface area contributed by atoms with Gasteiger partial charge in [0, 0.05) is 0 Å². The lowest BCUT2D eigenvalue weighted by Crippen LogP contribution is -2.32. The minimum absolute atomic E-state index is 0.0957. The number of nitrogens with one attached hydrogen (secondary N) is 1. The van der Waals surface area contributed by atoms with Crippen LogP contribution in [-0.4, -0.2) is 18.6 Å². The smallest absolute Gasteiger partial charge is 0.281 e. The van der Waals surface area contributed by atoms with Crippen molar-refractivity contribution in [2.45, 2.75) is 31.8 Å². The lowest BCUT2D eigenvalue weighted by molar-refractivity contribution is -0.140. The molecule has 4 nitrogen and oxygen atoms in total. The highest BCUT2D eigenvalue weighted by Gasteiger charge is 2.17. The van der Waals surface area contributed by atoms with E-state index in [1.807, 2.05) is 0 Å². The Hall–Kier alpha value is -1.33. The van der Waals surface area contributed by atoms with Gasteiger partial charge in [0.15, 0.2) is 6.61 Å². The van der Waals surface area contributed by atoms with Crippen LogP contribution in [0.2, 0.25) is 5.02 Å². The summed E-state index contributed by atoms with van der Waals surface area (Å²) in [6, 6.07) is 3.72. The van der Waals surface area contributed by atoms with E-state index in [1.165, 1.54) is 12.1 Å². The predicted octanol–water partition coefficient (Wildman–Crippen LogP) is 2.85. The third kappa shape index (κ3) is 4.36. The number of carbonyl (C=O) groups excluding carboxylic acids is 1. The average molecular weight is 288 g/mol. The van der Waals surface area contributed by atoms with Gasteiger partial charge in [0.1, 0.15) is 11.6 Å². The number of benzene rings is 1. The number of ether oxygens (including phenoxy) is 1. The zero-order valence-electron chi connectivity index (χ0n) is 10.3. The van der Waals surface area contributed by atoms with Crippen LogP contribution in [0.5, 0.6) is 5.75 Å². The Morgan fingerprint density at radius 2 is 2.16 bits per heavy atom. The lowest BCUT2D eigenvalue weighted by Gasteiger charge is -2.12. The van der Waals surface area contributed by atoms with Crippen molar-refractivity contribution < 1.29 is 18.8 Å². The van der Waals surface area contributed by atoms with E-state index in [2.05, 4.69) is 5.48 Å².